The number of nitriles is 1. The number of ketones is 1. The standard InChI is InChI=1S/C28H37N3O4/c1-5-14-31(15-6-2)27(34)22-12-13-26(23(16-22)18-29)35-20-24(32)19-30-28(3,4)17-25(33)21-10-8-7-9-11-21/h7-13,16,24,30,32H,5-6,14-15,17,19-20H2,1-4H3/t24-/m1/s1. The van der Waals surface area contributed by atoms with Crippen LogP contribution < -0.4 is 10.1 Å². The molecule has 0 bridgehead atoms. The van der Waals surface area contributed by atoms with Crippen LogP contribution in [0.4, 0.5) is 0 Å². The maximum atomic E-state index is 12.8. The maximum absolute atomic E-state index is 12.8. The summed E-state index contributed by atoms with van der Waals surface area (Å²) in [7, 11) is 0. The summed E-state index contributed by atoms with van der Waals surface area (Å²) in [5, 5.41) is 23.2. The number of aliphatic hydroxyl groups is 1. The van der Waals surface area contributed by atoms with Gasteiger partial charge in [0, 0.05) is 42.7 Å². The van der Waals surface area contributed by atoms with Crippen LogP contribution in [-0.2, 0) is 0 Å². The van der Waals surface area contributed by atoms with Crippen molar-refractivity contribution in [2.24, 2.45) is 0 Å². The van der Waals surface area contributed by atoms with Crippen LogP contribution in [-0.4, -0.2) is 59.6 Å². The topological polar surface area (TPSA) is 103 Å². The van der Waals surface area contributed by atoms with Gasteiger partial charge in [0.25, 0.3) is 5.91 Å². The highest BCUT2D eigenvalue weighted by molar-refractivity contribution is 5.96. The van der Waals surface area contributed by atoms with Gasteiger partial charge in [0.1, 0.15) is 24.5 Å². The van der Waals surface area contributed by atoms with Crippen molar-refractivity contribution in [2.45, 2.75) is 58.6 Å². The first kappa shape index (κ1) is 28.0. The van der Waals surface area contributed by atoms with Crippen LogP contribution in [0.1, 0.15) is 73.2 Å². The third kappa shape index (κ3) is 8.82. The number of nitrogens with one attached hydrogen (secondary N) is 1. The molecule has 1 atom stereocenters. The van der Waals surface area contributed by atoms with E-state index in [0.717, 1.165) is 12.8 Å². The van der Waals surface area contributed by atoms with E-state index in [4.69, 9.17) is 4.74 Å². The van der Waals surface area contributed by atoms with Crippen LogP contribution in [0.5, 0.6) is 5.75 Å². The van der Waals surface area contributed by atoms with E-state index in [0.29, 0.717) is 30.0 Å². The van der Waals surface area contributed by atoms with Crippen LogP contribution in [0.2, 0.25) is 0 Å². The minimum Gasteiger partial charge on any atom is -0.489 e. The van der Waals surface area contributed by atoms with Crippen LogP contribution in [0.15, 0.2) is 48.5 Å². The van der Waals surface area contributed by atoms with Crippen molar-refractivity contribution >= 4 is 11.7 Å². The molecule has 7 heteroatoms. The van der Waals surface area contributed by atoms with E-state index in [1.807, 2.05) is 45.9 Å². The third-order valence-electron chi connectivity index (χ3n) is 5.57. The number of nitrogens with zero attached hydrogens (tertiary/aromatic N) is 2. The molecule has 0 unspecified atom stereocenters. The van der Waals surface area contributed by atoms with Crippen molar-refractivity contribution in [1.82, 2.24) is 10.2 Å². The average molecular weight is 480 g/mol. The van der Waals surface area contributed by atoms with Crippen molar-refractivity contribution in [3.05, 3.63) is 65.2 Å². The van der Waals surface area contributed by atoms with E-state index < -0.39 is 11.6 Å². The van der Waals surface area contributed by atoms with E-state index in [2.05, 4.69) is 11.4 Å². The summed E-state index contributed by atoms with van der Waals surface area (Å²) in [4.78, 5) is 27.1. The molecule has 0 heterocycles. The zero-order chi connectivity index (χ0) is 25.8. The number of hydrogen-bond acceptors (Lipinski definition) is 6. The molecule has 0 aliphatic rings. The van der Waals surface area contributed by atoms with E-state index in [1.165, 1.54) is 0 Å². The summed E-state index contributed by atoms with van der Waals surface area (Å²) in [6, 6.07) is 16.0. The minimum atomic E-state index is -0.849. The van der Waals surface area contributed by atoms with Gasteiger partial charge in [-0.05, 0) is 44.9 Å². The van der Waals surface area contributed by atoms with Gasteiger partial charge in [0.2, 0.25) is 0 Å². The first-order chi connectivity index (χ1) is 16.7. The molecular weight excluding hydrogens is 442 g/mol. The Bertz CT molecular complexity index is 1010. The van der Waals surface area contributed by atoms with Gasteiger partial charge in [-0.25, -0.2) is 0 Å². The molecule has 188 valence electrons. The van der Waals surface area contributed by atoms with Gasteiger partial charge in [-0.1, -0.05) is 44.2 Å². The van der Waals surface area contributed by atoms with Crippen molar-refractivity contribution in [3.8, 4) is 11.8 Å². The smallest absolute Gasteiger partial charge is 0.253 e. The Kier molecular flexibility index (Phi) is 10.9. The average Bonchev–Trinajstić information content (AvgIpc) is 2.86. The number of Topliss-reactive ketones (excluding diaryl/α,β-unsaturated/α-hetero) is 1. The fourth-order valence-corrected chi connectivity index (χ4v) is 3.74. The third-order valence-corrected chi connectivity index (χ3v) is 5.57. The normalized spacial score (nSPS) is 12.0. The zero-order valence-corrected chi connectivity index (χ0v) is 21.2. The number of hydrogen-bond donors (Lipinski definition) is 2. The lowest BCUT2D eigenvalue weighted by Crippen LogP contribution is -2.46. The number of carbonyl (C=O) groups excluding carboxylic acids is 2. The van der Waals surface area contributed by atoms with E-state index in [-0.39, 0.29) is 36.8 Å². The fraction of sp³-hybridized carbons (Fsp3) is 0.464. The van der Waals surface area contributed by atoms with Gasteiger partial charge < -0.3 is 20.1 Å². The second-order valence-corrected chi connectivity index (χ2v) is 9.31. The highest BCUT2D eigenvalue weighted by Crippen LogP contribution is 2.21. The molecule has 0 radical (unpaired) electrons. The lowest BCUT2D eigenvalue weighted by atomic mass is 9.94. The van der Waals surface area contributed by atoms with Gasteiger partial charge in [-0.15, -0.1) is 0 Å². The molecule has 7 nitrogen and oxygen atoms in total. The summed E-state index contributed by atoms with van der Waals surface area (Å²) >= 11 is 0. The van der Waals surface area contributed by atoms with E-state index in [1.54, 1.807) is 35.2 Å². The number of rotatable bonds is 14. The quantitative estimate of drug-likeness (QED) is 0.394. The van der Waals surface area contributed by atoms with Crippen molar-refractivity contribution < 1.29 is 19.4 Å². The lowest BCUT2D eigenvalue weighted by molar-refractivity contribution is 0.0755. The Labute approximate surface area is 208 Å². The second-order valence-electron chi connectivity index (χ2n) is 9.31. The van der Waals surface area contributed by atoms with Crippen LogP contribution in [0.25, 0.3) is 0 Å². The first-order valence-corrected chi connectivity index (χ1v) is 12.2. The Hall–Kier alpha value is -3.21. The van der Waals surface area contributed by atoms with Crippen molar-refractivity contribution in [1.29, 1.82) is 5.26 Å². The molecule has 0 saturated carbocycles. The molecule has 2 aromatic carbocycles. The Morgan fingerprint density at radius 3 is 2.34 bits per heavy atom. The summed E-state index contributed by atoms with van der Waals surface area (Å²) in [6.07, 6.45) is 1.16. The molecule has 2 N–H and O–H groups in total. The SMILES string of the molecule is CCCN(CCC)C(=O)c1ccc(OC[C@H](O)CNC(C)(C)CC(=O)c2ccccc2)c(C#N)c1. The lowest BCUT2D eigenvalue weighted by Gasteiger charge is -2.27. The Morgan fingerprint density at radius 2 is 1.74 bits per heavy atom. The fourth-order valence-electron chi connectivity index (χ4n) is 3.74. The number of benzene rings is 2. The number of carbonyl (C=O) groups is 2. The number of ether oxygens (including phenoxy) is 1. The largest absolute Gasteiger partial charge is 0.489 e. The predicted octanol–water partition coefficient (Wildman–Crippen LogP) is 4.20. The molecule has 2 aromatic rings. The van der Waals surface area contributed by atoms with Crippen LogP contribution >= 0.6 is 0 Å². The summed E-state index contributed by atoms with van der Waals surface area (Å²) in [5.41, 5.74) is 0.835. The number of aliphatic hydroxyl groups excluding tert-OH is 1. The number of amides is 1. The van der Waals surface area contributed by atoms with Gasteiger partial charge in [0.05, 0.1) is 5.56 Å². The zero-order valence-electron chi connectivity index (χ0n) is 21.2. The maximum Gasteiger partial charge on any atom is 0.253 e. The Morgan fingerprint density at radius 1 is 1.09 bits per heavy atom. The first-order valence-electron chi connectivity index (χ1n) is 12.2. The highest BCUT2D eigenvalue weighted by Gasteiger charge is 2.23. The summed E-state index contributed by atoms with van der Waals surface area (Å²) in [5.74, 6) is 0.242. The van der Waals surface area contributed by atoms with Gasteiger partial charge in [-0.2, -0.15) is 5.26 Å². The van der Waals surface area contributed by atoms with Crippen LogP contribution in [0.3, 0.4) is 0 Å². The van der Waals surface area contributed by atoms with Gasteiger partial charge in [-0.3, -0.25) is 9.59 Å². The van der Waals surface area contributed by atoms with E-state index >= 15 is 0 Å². The predicted molar refractivity (Wildman–Crippen MR) is 137 cm³/mol. The molecular formula is C28H37N3O4. The number of β-amino-alcohol motifs (C(OH)–C–C–N with tert-alkyl or cyclic N) is 1. The molecule has 0 fully saturated rings. The summed E-state index contributed by atoms with van der Waals surface area (Å²) < 4.78 is 5.69. The highest BCUT2D eigenvalue weighted by atomic mass is 16.5. The minimum absolute atomic E-state index is 0.0265. The molecule has 0 spiro atoms. The Balaban J connectivity index is 1.92. The molecule has 35 heavy (non-hydrogen) atoms. The molecule has 1 amide bonds. The van der Waals surface area contributed by atoms with Crippen molar-refractivity contribution in [3.63, 3.8) is 0 Å². The van der Waals surface area contributed by atoms with E-state index in [9.17, 15) is 20.0 Å². The summed E-state index contributed by atoms with van der Waals surface area (Å²) in [6.45, 7) is 9.38. The van der Waals surface area contributed by atoms with Gasteiger partial charge in [0.15, 0.2) is 5.78 Å². The molecule has 0 aliphatic heterocycles. The molecule has 0 saturated heterocycles. The molecule has 2 rings (SSSR count). The second kappa shape index (κ2) is 13.6. The van der Waals surface area contributed by atoms with Crippen LogP contribution in [0, 0.1) is 11.3 Å². The monoisotopic (exact) mass is 479 g/mol. The van der Waals surface area contributed by atoms with Gasteiger partial charge >= 0.3 is 0 Å². The van der Waals surface area contributed by atoms with Crippen molar-refractivity contribution in [2.75, 3.05) is 26.2 Å². The molecule has 0 aromatic heterocycles. The molecule has 0 aliphatic carbocycles.